The second-order valence-corrected chi connectivity index (χ2v) is 5.31. The van der Waals surface area contributed by atoms with Crippen LogP contribution in [0.3, 0.4) is 0 Å². The van der Waals surface area contributed by atoms with Crippen molar-refractivity contribution in [1.82, 2.24) is 4.98 Å². The van der Waals surface area contributed by atoms with E-state index in [0.29, 0.717) is 18.0 Å². The molecule has 4 heteroatoms. The molecule has 0 saturated heterocycles. The van der Waals surface area contributed by atoms with Crippen LogP contribution in [0, 0.1) is 0 Å². The molecule has 0 fully saturated rings. The third kappa shape index (κ3) is 2.98. The maximum atomic E-state index is 5.70. The lowest BCUT2D eigenvalue weighted by molar-refractivity contribution is 0.355. The van der Waals surface area contributed by atoms with Crippen molar-refractivity contribution in [3.63, 3.8) is 0 Å². The molecule has 0 aliphatic carbocycles. The minimum absolute atomic E-state index is 0.583. The van der Waals surface area contributed by atoms with E-state index in [1.165, 1.54) is 0 Å². The highest BCUT2D eigenvalue weighted by atomic mass is 16.5. The molecule has 1 heterocycles. The molecular formula is C19H20N2O2. The molecule has 3 rings (SSSR count). The Labute approximate surface area is 135 Å². The molecule has 2 aromatic carbocycles. The second-order valence-electron chi connectivity index (χ2n) is 5.31. The monoisotopic (exact) mass is 308 g/mol. The molecule has 4 nitrogen and oxygen atoms in total. The van der Waals surface area contributed by atoms with Crippen molar-refractivity contribution in [2.24, 2.45) is 5.73 Å². The number of ether oxygens (including phenoxy) is 2. The van der Waals surface area contributed by atoms with Crippen molar-refractivity contribution in [3.05, 3.63) is 54.1 Å². The van der Waals surface area contributed by atoms with Crippen molar-refractivity contribution in [2.45, 2.75) is 6.42 Å². The van der Waals surface area contributed by atoms with E-state index in [-0.39, 0.29) is 0 Å². The summed E-state index contributed by atoms with van der Waals surface area (Å²) in [7, 11) is 3.28. The first-order chi connectivity index (χ1) is 11.3. The summed E-state index contributed by atoms with van der Waals surface area (Å²) in [4.78, 5) is 4.76. The van der Waals surface area contributed by atoms with Crippen molar-refractivity contribution < 1.29 is 9.47 Å². The van der Waals surface area contributed by atoms with E-state index in [4.69, 9.17) is 20.2 Å². The maximum Gasteiger partial charge on any atom is 0.170 e. The fourth-order valence-corrected chi connectivity index (χ4v) is 2.74. The first-order valence-electron chi connectivity index (χ1n) is 7.58. The second kappa shape index (κ2) is 6.67. The third-order valence-corrected chi connectivity index (χ3v) is 3.85. The summed E-state index contributed by atoms with van der Waals surface area (Å²) in [6.45, 7) is 0.583. The van der Waals surface area contributed by atoms with Gasteiger partial charge < -0.3 is 15.2 Å². The van der Waals surface area contributed by atoms with Gasteiger partial charge in [-0.1, -0.05) is 24.3 Å². The van der Waals surface area contributed by atoms with E-state index in [2.05, 4.69) is 18.2 Å². The van der Waals surface area contributed by atoms with Gasteiger partial charge in [0.15, 0.2) is 11.5 Å². The van der Waals surface area contributed by atoms with Crippen LogP contribution in [0.2, 0.25) is 0 Å². The molecule has 0 aliphatic heterocycles. The van der Waals surface area contributed by atoms with Gasteiger partial charge in [-0.2, -0.15) is 0 Å². The van der Waals surface area contributed by atoms with Crippen LogP contribution < -0.4 is 15.2 Å². The van der Waals surface area contributed by atoms with Crippen LogP contribution >= 0.6 is 0 Å². The van der Waals surface area contributed by atoms with Crippen LogP contribution in [-0.4, -0.2) is 25.7 Å². The van der Waals surface area contributed by atoms with Crippen LogP contribution in [0.25, 0.3) is 22.2 Å². The average Bonchev–Trinajstić information content (AvgIpc) is 2.60. The van der Waals surface area contributed by atoms with Gasteiger partial charge in [0.25, 0.3) is 0 Å². The number of para-hydroxylation sites is 1. The highest BCUT2D eigenvalue weighted by molar-refractivity contribution is 5.83. The molecule has 2 N–H and O–H groups in total. The van der Waals surface area contributed by atoms with Gasteiger partial charge >= 0.3 is 0 Å². The molecule has 1 aromatic heterocycles. The summed E-state index contributed by atoms with van der Waals surface area (Å²) < 4.78 is 11.0. The SMILES string of the molecule is COc1cc(CCN)cc(-c2ccc3ccccc3n2)c1OC. The van der Waals surface area contributed by atoms with Crippen molar-refractivity contribution >= 4 is 10.9 Å². The molecule has 0 amide bonds. The van der Waals surface area contributed by atoms with Gasteiger partial charge in [-0.15, -0.1) is 0 Å². The number of aromatic nitrogens is 1. The zero-order chi connectivity index (χ0) is 16.2. The number of nitrogens with two attached hydrogens (primary N) is 1. The summed E-state index contributed by atoms with van der Waals surface area (Å²) >= 11 is 0. The van der Waals surface area contributed by atoms with E-state index in [9.17, 15) is 0 Å². The van der Waals surface area contributed by atoms with E-state index in [1.807, 2.05) is 30.3 Å². The summed E-state index contributed by atoms with van der Waals surface area (Å²) in [6, 6.07) is 16.2. The van der Waals surface area contributed by atoms with Gasteiger partial charge in [0.1, 0.15) is 0 Å². The number of hydrogen-bond acceptors (Lipinski definition) is 4. The smallest absolute Gasteiger partial charge is 0.170 e. The maximum absolute atomic E-state index is 5.70. The van der Waals surface area contributed by atoms with E-state index in [0.717, 1.165) is 34.1 Å². The van der Waals surface area contributed by atoms with E-state index in [1.54, 1.807) is 14.2 Å². The van der Waals surface area contributed by atoms with Gasteiger partial charge in [0.05, 0.1) is 25.4 Å². The molecule has 0 bridgehead atoms. The molecule has 0 aliphatic rings. The predicted octanol–water partition coefficient (Wildman–Crippen LogP) is 3.42. The van der Waals surface area contributed by atoms with Gasteiger partial charge in [-0.25, -0.2) is 4.98 Å². The number of fused-ring (bicyclic) bond motifs is 1. The van der Waals surface area contributed by atoms with Crippen LogP contribution in [0.4, 0.5) is 0 Å². The average molecular weight is 308 g/mol. The molecule has 0 spiro atoms. The lowest BCUT2D eigenvalue weighted by Crippen LogP contribution is -2.04. The molecule has 0 saturated carbocycles. The summed E-state index contributed by atoms with van der Waals surface area (Å²) in [5.41, 5.74) is 9.54. The first kappa shape index (κ1) is 15.3. The van der Waals surface area contributed by atoms with Crippen molar-refractivity contribution in [3.8, 4) is 22.8 Å². The predicted molar refractivity (Wildman–Crippen MR) is 93.0 cm³/mol. The number of methoxy groups -OCH3 is 2. The molecule has 0 radical (unpaired) electrons. The fourth-order valence-electron chi connectivity index (χ4n) is 2.74. The molecular weight excluding hydrogens is 288 g/mol. The summed E-state index contributed by atoms with van der Waals surface area (Å²) in [5, 5.41) is 1.11. The lowest BCUT2D eigenvalue weighted by Gasteiger charge is -2.15. The van der Waals surface area contributed by atoms with Gasteiger partial charge in [-0.3, -0.25) is 0 Å². The third-order valence-electron chi connectivity index (χ3n) is 3.85. The molecule has 23 heavy (non-hydrogen) atoms. The minimum Gasteiger partial charge on any atom is -0.493 e. The standard InChI is InChI=1S/C19H20N2O2/c1-22-18-12-13(9-10-20)11-15(19(18)23-2)17-8-7-14-5-3-4-6-16(14)21-17/h3-8,11-12H,9-10,20H2,1-2H3. The number of pyridine rings is 1. The Kier molecular flexibility index (Phi) is 4.44. The number of rotatable bonds is 5. The van der Waals surface area contributed by atoms with Crippen LogP contribution in [0.5, 0.6) is 11.5 Å². The number of nitrogens with zero attached hydrogens (tertiary/aromatic N) is 1. The molecule has 118 valence electrons. The van der Waals surface area contributed by atoms with E-state index >= 15 is 0 Å². The van der Waals surface area contributed by atoms with Gasteiger partial charge in [0, 0.05) is 10.9 Å². The number of hydrogen-bond donors (Lipinski definition) is 1. The number of benzene rings is 2. The van der Waals surface area contributed by atoms with Crippen molar-refractivity contribution in [2.75, 3.05) is 20.8 Å². The zero-order valence-electron chi connectivity index (χ0n) is 13.4. The molecule has 0 atom stereocenters. The fraction of sp³-hybridized carbons (Fsp3) is 0.211. The Morgan fingerprint density at radius 1 is 1.00 bits per heavy atom. The first-order valence-corrected chi connectivity index (χ1v) is 7.58. The Hall–Kier alpha value is -2.59. The van der Waals surface area contributed by atoms with Gasteiger partial charge in [0.2, 0.25) is 0 Å². The Balaban J connectivity index is 2.20. The van der Waals surface area contributed by atoms with Crippen molar-refractivity contribution in [1.29, 1.82) is 0 Å². The van der Waals surface area contributed by atoms with Gasteiger partial charge in [-0.05, 0) is 42.8 Å². The minimum atomic E-state index is 0.583. The van der Waals surface area contributed by atoms with Crippen LogP contribution in [-0.2, 0) is 6.42 Å². The Bertz CT molecular complexity index is 831. The lowest BCUT2D eigenvalue weighted by atomic mass is 10.0. The normalized spacial score (nSPS) is 10.7. The molecule has 0 unspecified atom stereocenters. The van der Waals surface area contributed by atoms with Crippen LogP contribution in [0.1, 0.15) is 5.56 Å². The summed E-state index contributed by atoms with van der Waals surface area (Å²) in [5.74, 6) is 1.39. The largest absolute Gasteiger partial charge is 0.493 e. The zero-order valence-corrected chi connectivity index (χ0v) is 13.4. The van der Waals surface area contributed by atoms with Crippen LogP contribution in [0.15, 0.2) is 48.5 Å². The Morgan fingerprint density at radius 2 is 1.83 bits per heavy atom. The Morgan fingerprint density at radius 3 is 2.57 bits per heavy atom. The molecule has 3 aromatic rings. The highest BCUT2D eigenvalue weighted by Crippen LogP contribution is 2.39. The topological polar surface area (TPSA) is 57.4 Å². The highest BCUT2D eigenvalue weighted by Gasteiger charge is 2.15. The van der Waals surface area contributed by atoms with E-state index < -0.39 is 0 Å². The summed E-state index contributed by atoms with van der Waals surface area (Å²) in [6.07, 6.45) is 0.779. The quantitative estimate of drug-likeness (QED) is 0.784.